The molecule has 2 bridgehead atoms. The maximum absolute atomic E-state index is 13.1. The lowest BCUT2D eigenvalue weighted by Crippen LogP contribution is -2.42. The second-order valence-corrected chi connectivity index (χ2v) is 5.89. The molecule has 2 aromatic rings. The number of hydrogen-bond acceptors (Lipinski definition) is 2. The minimum Gasteiger partial charge on any atom is -0.305 e. The average molecular weight is 271 g/mol. The third-order valence-electron chi connectivity index (χ3n) is 4.56. The van der Waals surface area contributed by atoms with Crippen molar-refractivity contribution in [2.45, 2.75) is 37.8 Å². The highest BCUT2D eigenvalue weighted by molar-refractivity contribution is 5.65. The normalized spacial score (nSPS) is 24.5. The molecule has 3 heterocycles. The summed E-state index contributed by atoms with van der Waals surface area (Å²) in [4.78, 5) is 0. The van der Waals surface area contributed by atoms with E-state index in [4.69, 9.17) is 5.10 Å². The van der Waals surface area contributed by atoms with Crippen molar-refractivity contribution in [2.24, 2.45) is 7.05 Å². The van der Waals surface area contributed by atoms with Crippen LogP contribution in [0.3, 0.4) is 0 Å². The Labute approximate surface area is 117 Å². The zero-order valence-corrected chi connectivity index (χ0v) is 11.6. The maximum Gasteiger partial charge on any atom is 0.123 e. The predicted octanol–water partition coefficient (Wildman–Crippen LogP) is 2.97. The van der Waals surface area contributed by atoms with Gasteiger partial charge in [-0.1, -0.05) is 0 Å². The first-order valence-corrected chi connectivity index (χ1v) is 7.30. The van der Waals surface area contributed by atoms with E-state index in [9.17, 15) is 4.39 Å². The fourth-order valence-electron chi connectivity index (χ4n) is 3.68. The summed E-state index contributed by atoms with van der Waals surface area (Å²) in [6, 6.07) is 7.73. The van der Waals surface area contributed by atoms with Crippen molar-refractivity contribution in [1.82, 2.24) is 15.1 Å². The first kappa shape index (κ1) is 12.1. The van der Waals surface area contributed by atoms with Crippen molar-refractivity contribution in [3.05, 3.63) is 41.3 Å². The number of aromatic nitrogens is 2. The number of piperidine rings is 1. The molecule has 2 aliphatic heterocycles. The molecule has 4 rings (SSSR count). The topological polar surface area (TPSA) is 29.9 Å². The molecule has 4 heteroatoms. The first-order chi connectivity index (χ1) is 9.72. The number of halogens is 1. The summed E-state index contributed by atoms with van der Waals surface area (Å²) in [6.45, 7) is 0. The Balaban J connectivity index is 1.85. The molecule has 104 valence electrons. The second-order valence-electron chi connectivity index (χ2n) is 5.89. The molecule has 2 aliphatic rings. The summed E-state index contributed by atoms with van der Waals surface area (Å²) in [6.07, 6.45) is 4.73. The summed E-state index contributed by atoms with van der Waals surface area (Å²) < 4.78 is 15.1. The van der Waals surface area contributed by atoms with Crippen LogP contribution in [0, 0.1) is 5.82 Å². The third-order valence-corrected chi connectivity index (χ3v) is 4.56. The maximum atomic E-state index is 13.1. The van der Waals surface area contributed by atoms with Crippen molar-refractivity contribution < 1.29 is 4.39 Å². The molecular formula is C16H18FN3. The molecule has 0 aliphatic carbocycles. The van der Waals surface area contributed by atoms with Gasteiger partial charge in [-0.2, -0.15) is 5.10 Å². The fourth-order valence-corrected chi connectivity index (χ4v) is 3.68. The largest absolute Gasteiger partial charge is 0.305 e. The Morgan fingerprint density at radius 2 is 2.05 bits per heavy atom. The van der Waals surface area contributed by atoms with E-state index in [1.54, 1.807) is 0 Å². The van der Waals surface area contributed by atoms with E-state index < -0.39 is 0 Å². The zero-order chi connectivity index (χ0) is 13.7. The third kappa shape index (κ3) is 1.79. The van der Waals surface area contributed by atoms with Gasteiger partial charge < -0.3 is 5.32 Å². The molecular weight excluding hydrogens is 253 g/mol. The quantitative estimate of drug-likeness (QED) is 0.864. The summed E-state index contributed by atoms with van der Waals surface area (Å²) in [5, 5.41) is 8.41. The van der Waals surface area contributed by atoms with Crippen LogP contribution in [0.4, 0.5) is 4.39 Å². The highest BCUT2D eigenvalue weighted by Crippen LogP contribution is 2.38. The van der Waals surface area contributed by atoms with Crippen LogP contribution < -0.4 is 5.32 Å². The lowest BCUT2D eigenvalue weighted by molar-refractivity contribution is 0.297. The number of fused-ring (bicyclic) bond motifs is 4. The van der Waals surface area contributed by atoms with Crippen LogP contribution in [-0.4, -0.2) is 15.8 Å². The van der Waals surface area contributed by atoms with E-state index in [0.29, 0.717) is 12.1 Å². The Morgan fingerprint density at radius 3 is 2.85 bits per heavy atom. The van der Waals surface area contributed by atoms with E-state index in [1.165, 1.54) is 42.7 Å². The Bertz CT molecular complexity index is 644. The van der Waals surface area contributed by atoms with E-state index in [2.05, 4.69) is 5.32 Å². The van der Waals surface area contributed by atoms with E-state index in [0.717, 1.165) is 17.7 Å². The van der Waals surface area contributed by atoms with Crippen LogP contribution in [0.25, 0.3) is 11.3 Å². The summed E-state index contributed by atoms with van der Waals surface area (Å²) in [5.74, 6) is -0.191. The highest BCUT2D eigenvalue weighted by atomic mass is 19.1. The van der Waals surface area contributed by atoms with Crippen LogP contribution >= 0.6 is 0 Å². The Hall–Kier alpha value is -1.68. The van der Waals surface area contributed by atoms with Gasteiger partial charge in [-0.25, -0.2) is 4.39 Å². The van der Waals surface area contributed by atoms with Crippen molar-refractivity contribution in [2.75, 3.05) is 0 Å². The number of nitrogens with one attached hydrogen (secondary N) is 1. The standard InChI is InChI=1S/C16H18FN3/c1-20-16(10-5-7-11(17)8-6-10)13-9-12-3-2-4-14(18-12)15(13)19-20/h5-8,12,14,18H,2-4,9H2,1H3. The number of nitrogens with zero attached hydrogens (tertiary/aromatic N) is 2. The monoisotopic (exact) mass is 271 g/mol. The molecule has 0 spiro atoms. The summed E-state index contributed by atoms with van der Waals surface area (Å²) >= 11 is 0. The van der Waals surface area contributed by atoms with Crippen molar-refractivity contribution in [1.29, 1.82) is 0 Å². The van der Waals surface area contributed by atoms with E-state index in [-0.39, 0.29) is 5.82 Å². The Kier molecular flexibility index (Phi) is 2.67. The van der Waals surface area contributed by atoms with Gasteiger partial charge in [-0.3, -0.25) is 4.68 Å². The zero-order valence-electron chi connectivity index (χ0n) is 11.6. The molecule has 0 saturated carbocycles. The SMILES string of the molecule is Cn1nc2c(c1-c1ccc(F)cc1)CC1CCCC2N1. The second kappa shape index (κ2) is 4.42. The van der Waals surface area contributed by atoms with Crippen LogP contribution in [0.1, 0.15) is 36.6 Å². The lowest BCUT2D eigenvalue weighted by Gasteiger charge is -2.35. The molecule has 0 radical (unpaired) electrons. The average Bonchev–Trinajstić information content (AvgIpc) is 2.77. The van der Waals surface area contributed by atoms with Gasteiger partial charge in [-0.15, -0.1) is 0 Å². The van der Waals surface area contributed by atoms with Crippen LogP contribution in [0.2, 0.25) is 0 Å². The van der Waals surface area contributed by atoms with Gasteiger partial charge in [0.05, 0.1) is 17.4 Å². The number of hydrogen-bond donors (Lipinski definition) is 1. The molecule has 0 amide bonds. The molecule has 20 heavy (non-hydrogen) atoms. The van der Waals surface area contributed by atoms with Crippen molar-refractivity contribution in [3.63, 3.8) is 0 Å². The molecule has 2 unspecified atom stereocenters. The van der Waals surface area contributed by atoms with Crippen LogP contribution in [-0.2, 0) is 13.5 Å². The van der Waals surface area contributed by atoms with E-state index >= 15 is 0 Å². The van der Waals surface area contributed by atoms with Crippen molar-refractivity contribution in [3.8, 4) is 11.3 Å². The molecule has 1 aromatic heterocycles. The number of rotatable bonds is 1. The molecule has 1 N–H and O–H groups in total. The Morgan fingerprint density at radius 1 is 1.25 bits per heavy atom. The minimum absolute atomic E-state index is 0.191. The fraction of sp³-hybridized carbons (Fsp3) is 0.438. The van der Waals surface area contributed by atoms with Gasteiger partial charge in [0.25, 0.3) is 0 Å². The van der Waals surface area contributed by atoms with Gasteiger partial charge in [0.2, 0.25) is 0 Å². The van der Waals surface area contributed by atoms with E-state index in [1.807, 2.05) is 23.9 Å². The van der Waals surface area contributed by atoms with Gasteiger partial charge in [0, 0.05) is 24.2 Å². The lowest BCUT2D eigenvalue weighted by atomic mass is 9.84. The van der Waals surface area contributed by atoms with Gasteiger partial charge >= 0.3 is 0 Å². The molecule has 3 nitrogen and oxygen atoms in total. The molecule has 1 aromatic carbocycles. The minimum atomic E-state index is -0.191. The summed E-state index contributed by atoms with van der Waals surface area (Å²) in [7, 11) is 1.99. The summed E-state index contributed by atoms with van der Waals surface area (Å²) in [5.41, 5.74) is 4.76. The smallest absolute Gasteiger partial charge is 0.123 e. The highest BCUT2D eigenvalue weighted by Gasteiger charge is 2.34. The van der Waals surface area contributed by atoms with Gasteiger partial charge in [0.1, 0.15) is 5.82 Å². The molecule has 2 atom stereocenters. The van der Waals surface area contributed by atoms with Crippen molar-refractivity contribution >= 4 is 0 Å². The number of benzene rings is 1. The first-order valence-electron chi connectivity index (χ1n) is 7.30. The van der Waals surface area contributed by atoms with Crippen LogP contribution in [0.5, 0.6) is 0 Å². The van der Waals surface area contributed by atoms with Gasteiger partial charge in [-0.05, 0) is 49.9 Å². The number of aryl methyl sites for hydroxylation is 1. The van der Waals surface area contributed by atoms with Gasteiger partial charge in [0.15, 0.2) is 0 Å². The van der Waals surface area contributed by atoms with Crippen LogP contribution in [0.15, 0.2) is 24.3 Å². The predicted molar refractivity (Wildman–Crippen MR) is 75.8 cm³/mol. The molecule has 1 saturated heterocycles. The molecule has 1 fully saturated rings.